The molecule has 0 radical (unpaired) electrons. The molecule has 0 aromatic carbocycles. The molecule has 1 rings (SSSR count). The fraction of sp³-hybridized carbons (Fsp3) is 1.00. The van der Waals surface area contributed by atoms with Crippen LogP contribution in [0.2, 0.25) is 0 Å². The zero-order chi connectivity index (χ0) is 7.83. The molecule has 0 spiro atoms. The Morgan fingerprint density at radius 2 is 1.20 bits per heavy atom. The Bertz CT molecular complexity index is 277. The zero-order valence-corrected chi connectivity index (χ0v) is 6.91. The zero-order valence-electron chi connectivity index (χ0n) is 5.28. The summed E-state index contributed by atoms with van der Waals surface area (Å²) in [5, 5.41) is -0.653. The molecular formula is C4H8O4S2. The van der Waals surface area contributed by atoms with Crippen LogP contribution in [0.25, 0.3) is 0 Å². The highest BCUT2D eigenvalue weighted by molar-refractivity contribution is 8.08. The third kappa shape index (κ3) is 1.95. The Labute approximate surface area is 60.1 Å². The lowest BCUT2D eigenvalue weighted by Gasteiger charge is -2.10. The van der Waals surface area contributed by atoms with Crippen molar-refractivity contribution < 1.29 is 16.8 Å². The van der Waals surface area contributed by atoms with Crippen LogP contribution in [-0.4, -0.2) is 33.4 Å². The van der Waals surface area contributed by atoms with Crippen LogP contribution in [0.15, 0.2) is 0 Å². The molecule has 4 nitrogen and oxygen atoms in total. The summed E-state index contributed by atoms with van der Waals surface area (Å²) in [6.45, 7) is 0. The molecule has 0 amide bonds. The first kappa shape index (κ1) is 8.00. The SMILES string of the molecule is O=S1(=O)CCCS(=O)(=O)C1. The van der Waals surface area contributed by atoms with Gasteiger partial charge in [-0.3, -0.25) is 0 Å². The average molecular weight is 184 g/mol. The molecule has 0 saturated carbocycles. The van der Waals surface area contributed by atoms with E-state index >= 15 is 0 Å². The first-order valence-electron chi connectivity index (χ1n) is 2.82. The maximum Gasteiger partial charge on any atom is 0.164 e. The van der Waals surface area contributed by atoms with Gasteiger partial charge in [-0.25, -0.2) is 16.8 Å². The molecule has 0 aromatic heterocycles. The first-order chi connectivity index (χ1) is 4.41. The van der Waals surface area contributed by atoms with E-state index in [2.05, 4.69) is 0 Å². The Morgan fingerprint density at radius 1 is 0.800 bits per heavy atom. The van der Waals surface area contributed by atoms with Gasteiger partial charge in [-0.2, -0.15) is 0 Å². The van der Waals surface area contributed by atoms with Crippen LogP contribution < -0.4 is 0 Å². The highest BCUT2D eigenvalue weighted by atomic mass is 32.3. The predicted octanol–water partition coefficient (Wildman–Crippen LogP) is -0.823. The van der Waals surface area contributed by atoms with Crippen molar-refractivity contribution in [1.29, 1.82) is 0 Å². The molecule has 0 aromatic rings. The topological polar surface area (TPSA) is 68.3 Å². The van der Waals surface area contributed by atoms with Crippen LogP contribution in [0.3, 0.4) is 0 Å². The predicted molar refractivity (Wildman–Crippen MR) is 37.1 cm³/mol. The highest BCUT2D eigenvalue weighted by Gasteiger charge is 2.27. The third-order valence-electron chi connectivity index (χ3n) is 1.27. The quantitative estimate of drug-likeness (QED) is 0.493. The van der Waals surface area contributed by atoms with E-state index in [0.29, 0.717) is 0 Å². The summed E-state index contributed by atoms with van der Waals surface area (Å²) in [4.78, 5) is 0. The molecule has 0 bridgehead atoms. The Balaban J connectivity index is 2.97. The summed E-state index contributed by atoms with van der Waals surface area (Å²) in [5.41, 5.74) is 0. The second-order valence-corrected chi connectivity index (χ2v) is 7.10. The van der Waals surface area contributed by atoms with E-state index in [9.17, 15) is 16.8 Å². The molecule has 1 saturated heterocycles. The van der Waals surface area contributed by atoms with Crippen LogP contribution in [0.5, 0.6) is 0 Å². The monoisotopic (exact) mass is 184 g/mol. The standard InChI is InChI=1S/C4H8O4S2/c5-9(6)2-1-3-10(7,8)4-9/h1-4H2. The maximum atomic E-state index is 10.7. The van der Waals surface area contributed by atoms with E-state index in [1.54, 1.807) is 0 Å². The van der Waals surface area contributed by atoms with Gasteiger partial charge in [0, 0.05) is 0 Å². The van der Waals surface area contributed by atoms with Gasteiger partial charge in [0.15, 0.2) is 24.8 Å². The molecular weight excluding hydrogens is 176 g/mol. The molecule has 60 valence electrons. The van der Waals surface area contributed by atoms with E-state index in [1.165, 1.54) is 0 Å². The lowest BCUT2D eigenvalue weighted by atomic mass is 10.6. The van der Waals surface area contributed by atoms with Crippen molar-refractivity contribution in [3.8, 4) is 0 Å². The van der Waals surface area contributed by atoms with Crippen LogP contribution in [-0.2, 0) is 19.7 Å². The summed E-state index contributed by atoms with van der Waals surface area (Å²) >= 11 is 0. The summed E-state index contributed by atoms with van der Waals surface area (Å²) < 4.78 is 42.7. The van der Waals surface area contributed by atoms with Crippen molar-refractivity contribution >= 4 is 19.7 Å². The molecule has 0 unspecified atom stereocenters. The Hall–Kier alpha value is -0.100. The molecule has 0 aliphatic carbocycles. The average Bonchev–Trinajstić information content (AvgIpc) is 1.56. The van der Waals surface area contributed by atoms with E-state index < -0.39 is 24.8 Å². The molecule has 6 heteroatoms. The molecule has 1 aliphatic rings. The number of hydrogen-bond acceptors (Lipinski definition) is 4. The molecule has 1 fully saturated rings. The van der Waals surface area contributed by atoms with Gasteiger partial charge in [0.25, 0.3) is 0 Å². The number of sulfone groups is 2. The largest absolute Gasteiger partial charge is 0.228 e. The van der Waals surface area contributed by atoms with Crippen molar-refractivity contribution in [1.82, 2.24) is 0 Å². The van der Waals surface area contributed by atoms with Gasteiger partial charge >= 0.3 is 0 Å². The maximum absolute atomic E-state index is 10.7. The molecule has 1 heterocycles. The van der Waals surface area contributed by atoms with Crippen LogP contribution in [0.1, 0.15) is 6.42 Å². The Morgan fingerprint density at radius 3 is 1.40 bits per heavy atom. The van der Waals surface area contributed by atoms with Gasteiger partial charge in [0.2, 0.25) is 0 Å². The smallest absolute Gasteiger partial charge is 0.164 e. The molecule has 1 aliphatic heterocycles. The van der Waals surface area contributed by atoms with Crippen LogP contribution in [0.4, 0.5) is 0 Å². The van der Waals surface area contributed by atoms with E-state index in [1.807, 2.05) is 0 Å². The lowest BCUT2D eigenvalue weighted by Crippen LogP contribution is -2.28. The Kier molecular flexibility index (Phi) is 1.76. The highest BCUT2D eigenvalue weighted by Crippen LogP contribution is 2.09. The minimum atomic E-state index is -3.28. The van der Waals surface area contributed by atoms with Gasteiger partial charge in [-0.1, -0.05) is 0 Å². The molecule has 0 atom stereocenters. The van der Waals surface area contributed by atoms with Gasteiger partial charge in [-0.15, -0.1) is 0 Å². The van der Waals surface area contributed by atoms with Gasteiger partial charge in [-0.05, 0) is 6.42 Å². The van der Waals surface area contributed by atoms with Crippen LogP contribution in [0, 0.1) is 0 Å². The normalized spacial score (nSPS) is 29.6. The van der Waals surface area contributed by atoms with Gasteiger partial charge in [0.1, 0.15) is 0 Å². The molecule has 10 heavy (non-hydrogen) atoms. The number of rotatable bonds is 0. The molecule has 0 N–H and O–H groups in total. The van der Waals surface area contributed by atoms with E-state index in [0.717, 1.165) is 0 Å². The summed E-state index contributed by atoms with van der Waals surface area (Å²) in [6, 6.07) is 0. The van der Waals surface area contributed by atoms with Crippen molar-refractivity contribution in [2.45, 2.75) is 6.42 Å². The third-order valence-corrected chi connectivity index (χ3v) is 5.96. The first-order valence-corrected chi connectivity index (χ1v) is 6.46. The second-order valence-electron chi connectivity index (χ2n) is 2.37. The van der Waals surface area contributed by atoms with Crippen molar-refractivity contribution in [2.24, 2.45) is 0 Å². The van der Waals surface area contributed by atoms with Crippen molar-refractivity contribution in [2.75, 3.05) is 16.6 Å². The summed E-state index contributed by atoms with van der Waals surface area (Å²) in [5.74, 6) is 0.0401. The fourth-order valence-electron chi connectivity index (χ4n) is 0.890. The second kappa shape index (κ2) is 2.20. The fourth-order valence-corrected chi connectivity index (χ4v) is 5.37. The lowest BCUT2D eigenvalue weighted by molar-refractivity contribution is 0.580. The van der Waals surface area contributed by atoms with E-state index in [-0.39, 0.29) is 17.9 Å². The van der Waals surface area contributed by atoms with Gasteiger partial charge < -0.3 is 0 Å². The summed E-state index contributed by atoms with van der Waals surface area (Å²) in [6.07, 6.45) is 0.255. The van der Waals surface area contributed by atoms with E-state index in [4.69, 9.17) is 0 Å². The minimum absolute atomic E-state index is 0.0201. The summed E-state index contributed by atoms with van der Waals surface area (Å²) in [7, 11) is -6.56. The van der Waals surface area contributed by atoms with Crippen LogP contribution >= 0.6 is 0 Å². The number of hydrogen-bond donors (Lipinski definition) is 0. The van der Waals surface area contributed by atoms with Gasteiger partial charge in [0.05, 0.1) is 11.5 Å². The minimum Gasteiger partial charge on any atom is -0.228 e. The van der Waals surface area contributed by atoms with Crippen molar-refractivity contribution in [3.05, 3.63) is 0 Å². The van der Waals surface area contributed by atoms with Crippen molar-refractivity contribution in [3.63, 3.8) is 0 Å².